The smallest absolute Gasteiger partial charge is 0.101 e. The fraction of sp³-hybridized carbons (Fsp3) is 0.333. The summed E-state index contributed by atoms with van der Waals surface area (Å²) in [5.74, 6) is 0. The van der Waals surface area contributed by atoms with E-state index in [1.807, 2.05) is 6.07 Å². The number of hydrogen-bond donors (Lipinski definition) is 0. The minimum atomic E-state index is 0.428. The summed E-state index contributed by atoms with van der Waals surface area (Å²) < 4.78 is 0. The summed E-state index contributed by atoms with van der Waals surface area (Å²) >= 11 is 5.71. The average Bonchev–Trinajstić information content (AvgIpc) is 2.09. The largest absolute Gasteiger partial charge is 0.260 e. The highest BCUT2D eigenvalue weighted by Crippen LogP contribution is 2.14. The van der Waals surface area contributed by atoms with E-state index in [1.54, 1.807) is 6.07 Å². The monoisotopic (exact) mass is 180 g/mol. The maximum atomic E-state index is 8.65. The molecule has 62 valence electrons. The number of aryl methyl sites for hydroxylation is 1. The third kappa shape index (κ3) is 1.96. The quantitative estimate of drug-likeness (QED) is 0.702. The predicted octanol–water partition coefficient (Wildman–Crippen LogP) is 2.56. The summed E-state index contributed by atoms with van der Waals surface area (Å²) in [5.41, 5.74) is 1.44. The van der Waals surface area contributed by atoms with E-state index in [9.17, 15) is 0 Å². The van der Waals surface area contributed by atoms with Crippen LogP contribution in [0.1, 0.15) is 24.6 Å². The van der Waals surface area contributed by atoms with E-state index in [2.05, 4.69) is 11.9 Å². The van der Waals surface area contributed by atoms with Crippen molar-refractivity contribution in [2.75, 3.05) is 0 Å². The molecule has 0 bridgehead atoms. The van der Waals surface area contributed by atoms with Gasteiger partial charge in [-0.2, -0.15) is 5.26 Å². The molecule has 0 aromatic carbocycles. The van der Waals surface area contributed by atoms with Crippen LogP contribution >= 0.6 is 11.6 Å². The zero-order valence-electron chi connectivity index (χ0n) is 6.84. The van der Waals surface area contributed by atoms with Crippen molar-refractivity contribution >= 4 is 11.6 Å². The van der Waals surface area contributed by atoms with Crippen molar-refractivity contribution in [2.45, 2.75) is 19.8 Å². The third-order valence-electron chi connectivity index (χ3n) is 1.54. The standard InChI is InChI=1S/C9H9ClN2/c1-2-3-8-4-7(5-11)9(10)6-12-8/h4,6H,2-3H2,1H3. The summed E-state index contributed by atoms with van der Waals surface area (Å²) in [6.45, 7) is 2.07. The second kappa shape index (κ2) is 4.08. The van der Waals surface area contributed by atoms with Crippen molar-refractivity contribution in [3.05, 3.63) is 28.5 Å². The molecule has 0 spiro atoms. The van der Waals surface area contributed by atoms with Crippen molar-refractivity contribution in [1.29, 1.82) is 5.26 Å². The van der Waals surface area contributed by atoms with Gasteiger partial charge >= 0.3 is 0 Å². The molecule has 0 saturated heterocycles. The van der Waals surface area contributed by atoms with Crippen LogP contribution in [-0.2, 0) is 6.42 Å². The highest BCUT2D eigenvalue weighted by Gasteiger charge is 2.00. The van der Waals surface area contributed by atoms with Gasteiger partial charge in [-0.25, -0.2) is 0 Å². The molecule has 0 aliphatic heterocycles. The second-order valence-corrected chi connectivity index (χ2v) is 2.92. The zero-order valence-corrected chi connectivity index (χ0v) is 7.60. The lowest BCUT2D eigenvalue weighted by Crippen LogP contribution is -1.90. The first kappa shape index (κ1) is 9.02. The summed E-state index contributed by atoms with van der Waals surface area (Å²) in [4.78, 5) is 4.09. The lowest BCUT2D eigenvalue weighted by Gasteiger charge is -1.98. The maximum absolute atomic E-state index is 8.65. The van der Waals surface area contributed by atoms with Gasteiger partial charge in [0.05, 0.1) is 10.6 Å². The Hall–Kier alpha value is -1.07. The van der Waals surface area contributed by atoms with E-state index < -0.39 is 0 Å². The van der Waals surface area contributed by atoms with Gasteiger partial charge in [0.1, 0.15) is 6.07 Å². The molecular formula is C9H9ClN2. The van der Waals surface area contributed by atoms with Crippen LogP contribution in [0.4, 0.5) is 0 Å². The molecule has 0 saturated carbocycles. The van der Waals surface area contributed by atoms with Crippen molar-refractivity contribution in [3.63, 3.8) is 0 Å². The topological polar surface area (TPSA) is 36.7 Å². The summed E-state index contributed by atoms with van der Waals surface area (Å²) in [7, 11) is 0. The van der Waals surface area contributed by atoms with Gasteiger partial charge in [-0.15, -0.1) is 0 Å². The van der Waals surface area contributed by atoms with E-state index in [-0.39, 0.29) is 0 Å². The Morgan fingerprint density at radius 3 is 3.00 bits per heavy atom. The van der Waals surface area contributed by atoms with Gasteiger partial charge in [-0.3, -0.25) is 4.98 Å². The van der Waals surface area contributed by atoms with Crippen molar-refractivity contribution in [2.24, 2.45) is 0 Å². The van der Waals surface area contributed by atoms with E-state index in [0.717, 1.165) is 18.5 Å². The molecule has 12 heavy (non-hydrogen) atoms. The third-order valence-corrected chi connectivity index (χ3v) is 1.84. The van der Waals surface area contributed by atoms with Crippen LogP contribution < -0.4 is 0 Å². The van der Waals surface area contributed by atoms with Crippen LogP contribution in [0.25, 0.3) is 0 Å². The summed E-state index contributed by atoms with van der Waals surface area (Å²) in [6, 6.07) is 3.76. The van der Waals surface area contributed by atoms with Crippen molar-refractivity contribution in [3.8, 4) is 6.07 Å². The lowest BCUT2D eigenvalue weighted by atomic mass is 10.2. The normalized spacial score (nSPS) is 9.42. The highest BCUT2D eigenvalue weighted by atomic mass is 35.5. The first-order chi connectivity index (χ1) is 5.77. The molecule has 0 N–H and O–H groups in total. The number of nitrogens with zero attached hydrogens (tertiary/aromatic N) is 2. The van der Waals surface area contributed by atoms with Crippen LogP contribution in [-0.4, -0.2) is 4.98 Å². The molecule has 2 nitrogen and oxygen atoms in total. The lowest BCUT2D eigenvalue weighted by molar-refractivity contribution is 0.882. The fourth-order valence-corrected chi connectivity index (χ4v) is 1.11. The van der Waals surface area contributed by atoms with Gasteiger partial charge in [0, 0.05) is 11.9 Å². The van der Waals surface area contributed by atoms with Gasteiger partial charge in [0.15, 0.2) is 0 Å². The van der Waals surface area contributed by atoms with E-state index in [4.69, 9.17) is 16.9 Å². The summed E-state index contributed by atoms with van der Waals surface area (Å²) in [6.07, 6.45) is 3.45. The van der Waals surface area contributed by atoms with E-state index in [0.29, 0.717) is 10.6 Å². The molecule has 0 aliphatic rings. The molecule has 0 aliphatic carbocycles. The first-order valence-electron chi connectivity index (χ1n) is 3.82. The molecule has 0 unspecified atom stereocenters. The van der Waals surface area contributed by atoms with Gasteiger partial charge in [0.2, 0.25) is 0 Å². The summed E-state index contributed by atoms with van der Waals surface area (Å²) in [5, 5.41) is 9.08. The predicted molar refractivity (Wildman–Crippen MR) is 48.0 cm³/mol. The van der Waals surface area contributed by atoms with Gasteiger partial charge in [-0.1, -0.05) is 24.9 Å². The minimum Gasteiger partial charge on any atom is -0.260 e. The molecule has 0 fully saturated rings. The Kier molecular flexibility index (Phi) is 3.07. The average molecular weight is 181 g/mol. The molecular weight excluding hydrogens is 172 g/mol. The first-order valence-corrected chi connectivity index (χ1v) is 4.20. The van der Waals surface area contributed by atoms with Crippen molar-refractivity contribution in [1.82, 2.24) is 4.98 Å². The van der Waals surface area contributed by atoms with Crippen LogP contribution in [0.5, 0.6) is 0 Å². The number of rotatable bonds is 2. The number of pyridine rings is 1. The Morgan fingerprint density at radius 2 is 2.42 bits per heavy atom. The van der Waals surface area contributed by atoms with Gasteiger partial charge in [0.25, 0.3) is 0 Å². The van der Waals surface area contributed by atoms with E-state index >= 15 is 0 Å². The Balaban J connectivity index is 2.99. The Morgan fingerprint density at radius 1 is 1.67 bits per heavy atom. The zero-order chi connectivity index (χ0) is 8.97. The SMILES string of the molecule is CCCc1cc(C#N)c(Cl)cn1. The molecule has 1 aromatic rings. The molecule has 0 amide bonds. The Bertz CT molecular complexity index is 315. The molecule has 3 heteroatoms. The molecule has 1 heterocycles. The Labute approximate surface area is 76.8 Å². The van der Waals surface area contributed by atoms with Crippen LogP contribution in [0.15, 0.2) is 12.3 Å². The maximum Gasteiger partial charge on any atom is 0.101 e. The van der Waals surface area contributed by atoms with Crippen LogP contribution in [0.2, 0.25) is 5.02 Å². The molecule has 1 aromatic heterocycles. The fourth-order valence-electron chi connectivity index (χ4n) is 0.960. The van der Waals surface area contributed by atoms with Crippen LogP contribution in [0.3, 0.4) is 0 Å². The second-order valence-electron chi connectivity index (χ2n) is 2.52. The minimum absolute atomic E-state index is 0.428. The number of aromatic nitrogens is 1. The number of nitriles is 1. The number of halogens is 1. The highest BCUT2D eigenvalue weighted by molar-refractivity contribution is 6.31. The van der Waals surface area contributed by atoms with Gasteiger partial charge in [-0.05, 0) is 12.5 Å². The van der Waals surface area contributed by atoms with Crippen LogP contribution in [0, 0.1) is 11.3 Å². The van der Waals surface area contributed by atoms with Crippen molar-refractivity contribution < 1.29 is 0 Å². The van der Waals surface area contributed by atoms with Gasteiger partial charge < -0.3 is 0 Å². The molecule has 0 radical (unpaired) electrons. The molecule has 1 rings (SSSR count). The number of hydrogen-bond acceptors (Lipinski definition) is 2. The molecule has 0 atom stereocenters. The van der Waals surface area contributed by atoms with E-state index in [1.165, 1.54) is 6.20 Å².